The highest BCUT2D eigenvalue weighted by molar-refractivity contribution is 6.06. The average molecular weight is 264 g/mol. The molecule has 1 aromatic heterocycles. The van der Waals surface area contributed by atoms with Crippen molar-refractivity contribution in [3.63, 3.8) is 0 Å². The lowest BCUT2D eigenvalue weighted by molar-refractivity contribution is 0.102. The topological polar surface area (TPSA) is 82.2 Å². The minimum Gasteiger partial charge on any atom is -0.494 e. The molecule has 0 aliphatic rings. The monoisotopic (exact) mass is 264 g/mol. The number of carbonyl (C=O) groups excluding carboxylic acids is 1. The van der Waals surface area contributed by atoms with E-state index < -0.39 is 11.7 Å². The van der Waals surface area contributed by atoms with Crippen molar-refractivity contribution >= 4 is 17.3 Å². The van der Waals surface area contributed by atoms with E-state index in [1.54, 1.807) is 7.05 Å². The minimum atomic E-state index is -0.502. The molecule has 0 aliphatic heterocycles. The van der Waals surface area contributed by atoms with Crippen LogP contribution in [0.2, 0.25) is 0 Å². The number of aromatic nitrogens is 2. The lowest BCUT2D eigenvalue weighted by Gasteiger charge is -2.07. The number of rotatable bonds is 3. The number of amides is 1. The lowest BCUT2D eigenvalue weighted by atomic mass is 10.2. The normalized spacial score (nSPS) is 10.3. The molecule has 3 N–H and O–H groups in total. The largest absolute Gasteiger partial charge is 0.494 e. The highest BCUT2D eigenvalue weighted by Gasteiger charge is 2.15. The van der Waals surface area contributed by atoms with Crippen molar-refractivity contribution in [3.8, 4) is 5.75 Å². The predicted molar refractivity (Wildman–Crippen MR) is 68.5 cm³/mol. The van der Waals surface area contributed by atoms with Gasteiger partial charge in [-0.15, -0.1) is 0 Å². The number of anilines is 2. The summed E-state index contributed by atoms with van der Waals surface area (Å²) in [6, 6.07) is 4.01. The first kappa shape index (κ1) is 12.9. The van der Waals surface area contributed by atoms with Crippen molar-refractivity contribution in [3.05, 3.63) is 35.9 Å². The fourth-order valence-electron chi connectivity index (χ4n) is 1.61. The fraction of sp³-hybridized carbons (Fsp3) is 0.167. The van der Waals surface area contributed by atoms with Crippen molar-refractivity contribution in [2.45, 2.75) is 0 Å². The Bertz CT molecular complexity index is 624. The summed E-state index contributed by atoms with van der Waals surface area (Å²) in [6.45, 7) is 0. The van der Waals surface area contributed by atoms with Gasteiger partial charge in [-0.05, 0) is 12.1 Å². The van der Waals surface area contributed by atoms with Crippen LogP contribution in [0.15, 0.2) is 24.4 Å². The summed E-state index contributed by atoms with van der Waals surface area (Å²) >= 11 is 0. The van der Waals surface area contributed by atoms with Crippen molar-refractivity contribution < 1.29 is 13.9 Å². The number of hydrogen-bond acceptors (Lipinski definition) is 4. The summed E-state index contributed by atoms with van der Waals surface area (Å²) < 4.78 is 19.5. The van der Waals surface area contributed by atoms with Crippen LogP contribution in [0, 0.1) is 5.82 Å². The zero-order valence-corrected chi connectivity index (χ0v) is 10.5. The third-order valence-corrected chi connectivity index (χ3v) is 2.48. The van der Waals surface area contributed by atoms with E-state index >= 15 is 0 Å². The molecule has 7 heteroatoms. The number of carbonyl (C=O) groups is 1. The Labute approximate surface area is 109 Å². The first-order valence-corrected chi connectivity index (χ1v) is 5.45. The molecule has 0 saturated heterocycles. The number of nitrogens with one attached hydrogen (secondary N) is 1. The standard InChI is InChI=1S/C12H13FN4O2/c1-17-6-9(14)11(16-17)12(18)15-7-3-4-8(13)10(5-7)19-2/h3-6H,14H2,1-2H3,(H,15,18). The summed E-state index contributed by atoms with van der Waals surface area (Å²) in [6.07, 6.45) is 1.53. The van der Waals surface area contributed by atoms with Crippen LogP contribution in [0.1, 0.15) is 10.5 Å². The van der Waals surface area contributed by atoms with Gasteiger partial charge in [0.2, 0.25) is 0 Å². The molecule has 6 nitrogen and oxygen atoms in total. The molecule has 0 radical (unpaired) electrons. The van der Waals surface area contributed by atoms with Gasteiger partial charge in [-0.25, -0.2) is 4.39 Å². The highest BCUT2D eigenvalue weighted by Crippen LogP contribution is 2.22. The second-order valence-electron chi connectivity index (χ2n) is 3.91. The number of halogens is 1. The summed E-state index contributed by atoms with van der Waals surface area (Å²) in [4.78, 5) is 11.9. The first-order valence-electron chi connectivity index (χ1n) is 5.45. The van der Waals surface area contributed by atoms with E-state index in [2.05, 4.69) is 10.4 Å². The molecule has 0 unspecified atom stereocenters. The third-order valence-electron chi connectivity index (χ3n) is 2.48. The molecular formula is C12H13FN4O2. The Kier molecular flexibility index (Phi) is 3.37. The maximum atomic E-state index is 13.2. The Hall–Kier alpha value is -2.57. The van der Waals surface area contributed by atoms with Gasteiger partial charge >= 0.3 is 0 Å². The van der Waals surface area contributed by atoms with E-state index in [1.807, 2.05) is 0 Å². The number of ether oxygens (including phenoxy) is 1. The Balaban J connectivity index is 2.21. The summed E-state index contributed by atoms with van der Waals surface area (Å²) in [5.41, 5.74) is 6.43. The fourth-order valence-corrected chi connectivity index (χ4v) is 1.61. The van der Waals surface area contributed by atoms with Crippen LogP contribution in [-0.4, -0.2) is 22.8 Å². The number of nitrogens with two attached hydrogens (primary N) is 1. The molecule has 0 spiro atoms. The van der Waals surface area contributed by atoms with Gasteiger partial charge in [0.25, 0.3) is 5.91 Å². The Morgan fingerprint density at radius 2 is 2.26 bits per heavy atom. The number of aryl methyl sites for hydroxylation is 1. The van der Waals surface area contributed by atoms with E-state index in [-0.39, 0.29) is 17.1 Å². The number of nitrogens with zero attached hydrogens (tertiary/aromatic N) is 2. The smallest absolute Gasteiger partial charge is 0.278 e. The molecule has 1 aromatic carbocycles. The SMILES string of the molecule is COc1cc(NC(=O)c2nn(C)cc2N)ccc1F. The molecule has 0 bridgehead atoms. The van der Waals surface area contributed by atoms with E-state index in [0.29, 0.717) is 5.69 Å². The molecule has 1 heterocycles. The Morgan fingerprint density at radius 3 is 2.84 bits per heavy atom. The van der Waals surface area contributed by atoms with E-state index in [9.17, 15) is 9.18 Å². The number of nitrogen functional groups attached to an aromatic ring is 1. The van der Waals surface area contributed by atoms with Gasteiger partial charge in [0.05, 0.1) is 12.8 Å². The average Bonchev–Trinajstić information content (AvgIpc) is 2.71. The van der Waals surface area contributed by atoms with Gasteiger partial charge in [0, 0.05) is 25.0 Å². The quantitative estimate of drug-likeness (QED) is 0.878. The lowest BCUT2D eigenvalue weighted by Crippen LogP contribution is -2.14. The van der Waals surface area contributed by atoms with E-state index in [4.69, 9.17) is 10.5 Å². The van der Waals surface area contributed by atoms with Crippen LogP contribution in [0.5, 0.6) is 5.75 Å². The highest BCUT2D eigenvalue weighted by atomic mass is 19.1. The first-order chi connectivity index (χ1) is 9.01. The molecule has 0 fully saturated rings. The second-order valence-corrected chi connectivity index (χ2v) is 3.91. The third kappa shape index (κ3) is 2.65. The van der Waals surface area contributed by atoms with Crippen molar-refractivity contribution in [2.24, 2.45) is 7.05 Å². The van der Waals surface area contributed by atoms with Gasteiger partial charge in [-0.3, -0.25) is 9.48 Å². The number of hydrogen-bond donors (Lipinski definition) is 2. The Morgan fingerprint density at radius 1 is 1.53 bits per heavy atom. The summed E-state index contributed by atoms with van der Waals surface area (Å²) in [7, 11) is 3.01. The van der Waals surface area contributed by atoms with Gasteiger partial charge in [0.1, 0.15) is 0 Å². The van der Waals surface area contributed by atoms with Crippen LogP contribution in [0.25, 0.3) is 0 Å². The van der Waals surface area contributed by atoms with E-state index in [0.717, 1.165) is 0 Å². The van der Waals surface area contributed by atoms with Crippen LogP contribution in [0.4, 0.5) is 15.8 Å². The van der Waals surface area contributed by atoms with Gasteiger partial charge in [-0.1, -0.05) is 0 Å². The molecule has 100 valence electrons. The molecule has 2 rings (SSSR count). The second kappa shape index (κ2) is 4.97. The summed E-state index contributed by atoms with van der Waals surface area (Å²) in [5, 5.41) is 6.51. The zero-order valence-electron chi connectivity index (χ0n) is 10.5. The predicted octanol–water partition coefficient (Wildman–Crippen LogP) is 1.40. The summed E-state index contributed by atoms with van der Waals surface area (Å²) in [5.74, 6) is -0.920. The van der Waals surface area contributed by atoms with Crippen LogP contribution >= 0.6 is 0 Å². The maximum absolute atomic E-state index is 13.2. The van der Waals surface area contributed by atoms with Crippen LogP contribution < -0.4 is 15.8 Å². The molecule has 0 atom stereocenters. The molecule has 19 heavy (non-hydrogen) atoms. The van der Waals surface area contributed by atoms with Crippen LogP contribution in [0.3, 0.4) is 0 Å². The molecule has 2 aromatic rings. The zero-order chi connectivity index (χ0) is 14.0. The van der Waals surface area contributed by atoms with E-state index in [1.165, 1.54) is 36.2 Å². The minimum absolute atomic E-state index is 0.0480. The molecular weight excluding hydrogens is 251 g/mol. The van der Waals surface area contributed by atoms with Crippen molar-refractivity contribution in [2.75, 3.05) is 18.2 Å². The van der Waals surface area contributed by atoms with Crippen molar-refractivity contribution in [1.82, 2.24) is 9.78 Å². The van der Waals surface area contributed by atoms with Gasteiger partial charge in [-0.2, -0.15) is 5.10 Å². The van der Waals surface area contributed by atoms with Gasteiger partial charge in [0.15, 0.2) is 17.3 Å². The number of methoxy groups -OCH3 is 1. The van der Waals surface area contributed by atoms with Gasteiger partial charge < -0.3 is 15.8 Å². The molecule has 0 aliphatic carbocycles. The van der Waals surface area contributed by atoms with Crippen LogP contribution in [-0.2, 0) is 7.05 Å². The van der Waals surface area contributed by atoms with Crippen molar-refractivity contribution in [1.29, 1.82) is 0 Å². The molecule has 1 amide bonds. The maximum Gasteiger partial charge on any atom is 0.278 e. The number of benzene rings is 1. The molecule has 0 saturated carbocycles.